The maximum atomic E-state index is 13.1. The van der Waals surface area contributed by atoms with E-state index in [9.17, 15) is 14.9 Å². The molecule has 1 heterocycles. The first-order chi connectivity index (χ1) is 15.9. The molecule has 1 unspecified atom stereocenters. The van der Waals surface area contributed by atoms with Gasteiger partial charge in [0.2, 0.25) is 11.8 Å². The molecule has 33 heavy (non-hydrogen) atoms. The molecular weight excluding hydrogens is 414 g/mol. The van der Waals surface area contributed by atoms with Crippen LogP contribution in [0.3, 0.4) is 0 Å². The number of nitriles is 1. The highest BCUT2D eigenvalue weighted by molar-refractivity contribution is 5.95. The number of carbonyl (C=O) groups excluding carboxylic acids is 2. The third-order valence-corrected chi connectivity index (χ3v) is 6.23. The summed E-state index contributed by atoms with van der Waals surface area (Å²) >= 11 is 0. The maximum absolute atomic E-state index is 13.1. The van der Waals surface area contributed by atoms with E-state index in [1.807, 2.05) is 62.4 Å². The van der Waals surface area contributed by atoms with Gasteiger partial charge < -0.3 is 15.1 Å². The van der Waals surface area contributed by atoms with Crippen molar-refractivity contribution in [1.82, 2.24) is 9.80 Å². The first kappa shape index (κ1) is 24.3. The third-order valence-electron chi connectivity index (χ3n) is 6.23. The van der Waals surface area contributed by atoms with Crippen molar-refractivity contribution in [3.63, 3.8) is 0 Å². The number of benzene rings is 2. The van der Waals surface area contributed by atoms with Crippen molar-refractivity contribution in [3.05, 3.63) is 59.7 Å². The van der Waals surface area contributed by atoms with Crippen molar-refractivity contribution in [2.24, 2.45) is 0 Å². The molecule has 7 nitrogen and oxygen atoms in total. The molecule has 1 atom stereocenters. The summed E-state index contributed by atoms with van der Waals surface area (Å²) in [6.45, 7) is 7.06. The van der Waals surface area contributed by atoms with Crippen LogP contribution in [0.5, 0.6) is 0 Å². The van der Waals surface area contributed by atoms with E-state index in [1.165, 1.54) is 4.90 Å². The fraction of sp³-hybridized carbons (Fsp3) is 0.423. The fourth-order valence-electron chi connectivity index (χ4n) is 4.32. The van der Waals surface area contributed by atoms with Crippen LogP contribution in [0, 0.1) is 11.3 Å². The average Bonchev–Trinajstić information content (AvgIpc) is 3.09. The highest BCUT2D eigenvalue weighted by Crippen LogP contribution is 2.22. The van der Waals surface area contributed by atoms with E-state index in [0.29, 0.717) is 5.56 Å². The predicted molar refractivity (Wildman–Crippen MR) is 131 cm³/mol. The fourth-order valence-corrected chi connectivity index (χ4v) is 4.32. The number of para-hydroxylation sites is 2. The van der Waals surface area contributed by atoms with Gasteiger partial charge in [0.1, 0.15) is 6.07 Å². The molecule has 0 aliphatic carbocycles. The predicted octanol–water partition coefficient (Wildman–Crippen LogP) is 3.12. The minimum Gasteiger partial charge on any atom is -0.369 e. The minimum atomic E-state index is -0.322. The number of nitrogens with zero attached hydrogens (tertiary/aromatic N) is 4. The van der Waals surface area contributed by atoms with Gasteiger partial charge in [0.25, 0.3) is 0 Å². The van der Waals surface area contributed by atoms with Crippen molar-refractivity contribution < 1.29 is 9.59 Å². The summed E-state index contributed by atoms with van der Waals surface area (Å²) in [4.78, 5) is 31.5. The Hall–Kier alpha value is -3.37. The summed E-state index contributed by atoms with van der Waals surface area (Å²) in [5.41, 5.74) is 3.48. The van der Waals surface area contributed by atoms with Gasteiger partial charge in [-0.3, -0.25) is 14.5 Å². The summed E-state index contributed by atoms with van der Waals surface area (Å²) in [7, 11) is 1.68. The molecule has 7 heteroatoms. The Morgan fingerprint density at radius 2 is 1.82 bits per heavy atom. The van der Waals surface area contributed by atoms with Gasteiger partial charge in [-0.2, -0.15) is 5.26 Å². The standard InChI is InChI=1S/C26H33N5O2/c1-4-21-10-5-7-12-23(21)28-25(32)19-29(3)26(33)20(2)30-14-9-15-31(17-16-30)24-13-8-6-11-22(24)18-27/h5-8,10-13,20H,4,9,14-17,19H2,1-3H3,(H,28,32). The van der Waals surface area contributed by atoms with Crippen LogP contribution in [-0.2, 0) is 16.0 Å². The number of aryl methyl sites for hydroxylation is 1. The summed E-state index contributed by atoms with van der Waals surface area (Å²) in [6.07, 6.45) is 1.72. The van der Waals surface area contributed by atoms with E-state index in [0.717, 1.165) is 56.0 Å². The molecule has 0 spiro atoms. The second-order valence-electron chi connectivity index (χ2n) is 8.43. The summed E-state index contributed by atoms with van der Waals surface area (Å²) in [5.74, 6) is -0.270. The quantitative estimate of drug-likeness (QED) is 0.706. The average molecular weight is 448 g/mol. The highest BCUT2D eigenvalue weighted by Gasteiger charge is 2.27. The van der Waals surface area contributed by atoms with Crippen LogP contribution in [0.1, 0.15) is 31.4 Å². The first-order valence-electron chi connectivity index (χ1n) is 11.6. The van der Waals surface area contributed by atoms with Crippen LogP contribution < -0.4 is 10.2 Å². The first-order valence-corrected chi connectivity index (χ1v) is 11.6. The van der Waals surface area contributed by atoms with Gasteiger partial charge in [-0.05, 0) is 43.5 Å². The van der Waals surface area contributed by atoms with E-state index >= 15 is 0 Å². The molecule has 0 bridgehead atoms. The number of anilines is 2. The molecular formula is C26H33N5O2. The van der Waals surface area contributed by atoms with Crippen LogP contribution in [0.15, 0.2) is 48.5 Å². The molecule has 2 aromatic carbocycles. The van der Waals surface area contributed by atoms with Crippen LogP contribution in [0.4, 0.5) is 11.4 Å². The Morgan fingerprint density at radius 3 is 2.58 bits per heavy atom. The summed E-state index contributed by atoms with van der Waals surface area (Å²) in [6, 6.07) is 17.3. The number of likely N-dealkylation sites (N-methyl/N-ethyl adjacent to an activating group) is 1. The van der Waals surface area contributed by atoms with E-state index < -0.39 is 0 Å². The van der Waals surface area contributed by atoms with Crippen LogP contribution in [0.25, 0.3) is 0 Å². The van der Waals surface area contributed by atoms with Gasteiger partial charge in [-0.15, -0.1) is 0 Å². The summed E-state index contributed by atoms with van der Waals surface area (Å²) in [5, 5.41) is 12.3. The lowest BCUT2D eigenvalue weighted by molar-refractivity contribution is -0.137. The second-order valence-corrected chi connectivity index (χ2v) is 8.43. The smallest absolute Gasteiger partial charge is 0.243 e. The van der Waals surface area contributed by atoms with Crippen molar-refractivity contribution in [3.8, 4) is 6.07 Å². The second kappa shape index (κ2) is 11.5. The molecule has 2 amide bonds. The highest BCUT2D eigenvalue weighted by atomic mass is 16.2. The zero-order valence-corrected chi connectivity index (χ0v) is 19.8. The van der Waals surface area contributed by atoms with Crippen LogP contribution in [0.2, 0.25) is 0 Å². The van der Waals surface area contributed by atoms with Gasteiger partial charge in [0, 0.05) is 38.9 Å². The number of hydrogen-bond acceptors (Lipinski definition) is 5. The molecule has 1 fully saturated rings. The number of hydrogen-bond donors (Lipinski definition) is 1. The van der Waals surface area contributed by atoms with Crippen molar-refractivity contribution in [2.45, 2.75) is 32.7 Å². The molecule has 2 aromatic rings. The van der Waals surface area contributed by atoms with Gasteiger partial charge in [0.15, 0.2) is 0 Å². The molecule has 3 rings (SSSR count). The van der Waals surface area contributed by atoms with E-state index in [-0.39, 0.29) is 24.4 Å². The number of amides is 2. The number of carbonyl (C=O) groups is 2. The van der Waals surface area contributed by atoms with Crippen molar-refractivity contribution in [2.75, 3.05) is 50.0 Å². The molecule has 174 valence electrons. The van der Waals surface area contributed by atoms with E-state index in [1.54, 1.807) is 7.05 Å². The zero-order valence-electron chi connectivity index (χ0n) is 19.8. The molecule has 1 saturated heterocycles. The zero-order chi connectivity index (χ0) is 23.8. The van der Waals surface area contributed by atoms with Crippen LogP contribution in [-0.4, -0.2) is 67.4 Å². The molecule has 0 radical (unpaired) electrons. The lowest BCUT2D eigenvalue weighted by Gasteiger charge is -2.30. The van der Waals surface area contributed by atoms with Crippen molar-refractivity contribution in [1.29, 1.82) is 5.26 Å². The van der Waals surface area contributed by atoms with Gasteiger partial charge in [-0.25, -0.2) is 0 Å². The molecule has 1 N–H and O–H groups in total. The van der Waals surface area contributed by atoms with Gasteiger partial charge >= 0.3 is 0 Å². The Morgan fingerprint density at radius 1 is 1.09 bits per heavy atom. The Kier molecular flexibility index (Phi) is 8.45. The Labute approximate surface area is 196 Å². The monoisotopic (exact) mass is 447 g/mol. The van der Waals surface area contributed by atoms with Crippen molar-refractivity contribution >= 4 is 23.2 Å². The normalized spacial score (nSPS) is 15.3. The largest absolute Gasteiger partial charge is 0.369 e. The Bertz CT molecular complexity index is 1020. The number of nitrogens with one attached hydrogen (secondary N) is 1. The molecule has 1 aliphatic rings. The molecule has 0 saturated carbocycles. The van der Waals surface area contributed by atoms with Gasteiger partial charge in [0.05, 0.1) is 23.8 Å². The minimum absolute atomic E-state index is 0.0106. The Balaban J connectivity index is 1.56. The molecule has 1 aliphatic heterocycles. The van der Waals surface area contributed by atoms with E-state index in [4.69, 9.17) is 0 Å². The van der Waals surface area contributed by atoms with Gasteiger partial charge in [-0.1, -0.05) is 37.3 Å². The molecule has 0 aromatic heterocycles. The summed E-state index contributed by atoms with van der Waals surface area (Å²) < 4.78 is 0. The van der Waals surface area contributed by atoms with Crippen LogP contribution >= 0.6 is 0 Å². The van der Waals surface area contributed by atoms with E-state index in [2.05, 4.69) is 21.2 Å². The maximum Gasteiger partial charge on any atom is 0.243 e. The SMILES string of the molecule is CCc1ccccc1NC(=O)CN(C)C(=O)C(C)N1CCCN(c2ccccc2C#N)CC1. The lowest BCUT2D eigenvalue weighted by Crippen LogP contribution is -2.48. The number of rotatable bonds is 7. The topological polar surface area (TPSA) is 79.7 Å². The third kappa shape index (κ3) is 6.11. The lowest BCUT2D eigenvalue weighted by atomic mass is 10.1.